The molecule has 2 atom stereocenters. The number of phosphoric acid groups is 1. The lowest BCUT2D eigenvalue weighted by Crippen LogP contribution is -2.45. The third-order valence-corrected chi connectivity index (χ3v) is 6.23. The third kappa shape index (κ3) is 8.66. The smallest absolute Gasteiger partial charge is 0.461 e. The van der Waals surface area contributed by atoms with Crippen LogP contribution in [0.1, 0.15) is 59.4 Å². The zero-order chi connectivity index (χ0) is 24.7. The predicted octanol–water partition coefficient (Wildman–Crippen LogP) is 4.58. The fourth-order valence-electron chi connectivity index (χ4n) is 2.89. The van der Waals surface area contributed by atoms with Crippen LogP contribution in [-0.4, -0.2) is 37.2 Å². The molecule has 0 N–H and O–H groups in total. The Labute approximate surface area is 194 Å². The summed E-state index contributed by atoms with van der Waals surface area (Å²) in [6.45, 7) is 7.98. The molecule has 0 saturated carbocycles. The molecule has 10 heteroatoms. The highest BCUT2D eigenvalue weighted by Crippen LogP contribution is 2.57. The monoisotopic (exact) mass is 484 g/mol. The van der Waals surface area contributed by atoms with E-state index >= 15 is 0 Å². The minimum atomic E-state index is -4.10. The molecule has 1 saturated heterocycles. The van der Waals surface area contributed by atoms with Gasteiger partial charge in [-0.2, -0.15) is 0 Å². The van der Waals surface area contributed by atoms with Gasteiger partial charge in [0.05, 0.1) is 12.0 Å². The van der Waals surface area contributed by atoms with E-state index in [1.54, 1.807) is 34.6 Å². The van der Waals surface area contributed by atoms with Gasteiger partial charge in [-0.05, 0) is 32.8 Å². The molecule has 1 aromatic rings. The van der Waals surface area contributed by atoms with Crippen LogP contribution in [0.2, 0.25) is 0 Å². The lowest BCUT2D eigenvalue weighted by molar-refractivity contribution is -0.163. The van der Waals surface area contributed by atoms with E-state index in [0.717, 1.165) is 5.56 Å². The average molecular weight is 484 g/mol. The molecule has 0 aromatic heterocycles. The number of hydrogen-bond donors (Lipinski definition) is 0. The lowest BCUT2D eigenvalue weighted by Gasteiger charge is -2.39. The number of carbonyl (C=O) groups excluding carboxylic acids is 3. The summed E-state index contributed by atoms with van der Waals surface area (Å²) in [5, 5.41) is 0. The van der Waals surface area contributed by atoms with Crippen LogP contribution >= 0.6 is 7.82 Å². The van der Waals surface area contributed by atoms with Crippen LogP contribution in [0.4, 0.5) is 0 Å². The van der Waals surface area contributed by atoms with E-state index in [1.807, 2.05) is 30.3 Å². The summed E-state index contributed by atoms with van der Waals surface area (Å²) in [7, 11) is -4.10. The summed E-state index contributed by atoms with van der Waals surface area (Å²) in [6, 6.07) is 9.29. The molecule has 0 bridgehead atoms. The molecule has 1 aliphatic heterocycles. The van der Waals surface area contributed by atoms with Crippen molar-refractivity contribution < 1.29 is 42.0 Å². The van der Waals surface area contributed by atoms with Gasteiger partial charge in [-0.15, -0.1) is 0 Å². The van der Waals surface area contributed by atoms with Crippen molar-refractivity contribution in [2.75, 3.05) is 13.4 Å². The van der Waals surface area contributed by atoms with Gasteiger partial charge in [0.25, 0.3) is 0 Å². The van der Waals surface area contributed by atoms with Crippen molar-refractivity contribution in [1.82, 2.24) is 0 Å². The number of phosphoric ester groups is 1. The molecule has 0 spiro atoms. The maximum atomic E-state index is 12.8. The maximum absolute atomic E-state index is 12.8. The van der Waals surface area contributed by atoms with E-state index in [4.69, 9.17) is 23.0 Å². The van der Waals surface area contributed by atoms with Gasteiger partial charge in [-0.3, -0.25) is 23.4 Å². The highest BCUT2D eigenvalue weighted by molar-refractivity contribution is 7.48. The van der Waals surface area contributed by atoms with E-state index < -0.39 is 43.5 Å². The Hall–Kier alpha value is -2.06. The van der Waals surface area contributed by atoms with Crippen LogP contribution in [0.25, 0.3) is 0 Å². The van der Waals surface area contributed by atoms with Gasteiger partial charge in [0.2, 0.25) is 6.79 Å². The first-order valence-electron chi connectivity index (χ1n) is 10.8. The number of ketones is 1. The van der Waals surface area contributed by atoms with E-state index in [9.17, 15) is 18.9 Å². The molecular weight excluding hydrogens is 451 g/mol. The van der Waals surface area contributed by atoms with Gasteiger partial charge in [-0.25, -0.2) is 9.09 Å². The van der Waals surface area contributed by atoms with E-state index in [-0.39, 0.29) is 38.3 Å². The number of benzene rings is 1. The van der Waals surface area contributed by atoms with Gasteiger partial charge in [0, 0.05) is 18.3 Å². The number of carbonyl (C=O) groups is 3. The van der Waals surface area contributed by atoms with Crippen molar-refractivity contribution in [2.45, 2.75) is 66.6 Å². The zero-order valence-corrected chi connectivity index (χ0v) is 20.7. The van der Waals surface area contributed by atoms with E-state index in [1.165, 1.54) is 0 Å². The molecule has 33 heavy (non-hydrogen) atoms. The Morgan fingerprint density at radius 3 is 2.39 bits per heavy atom. The summed E-state index contributed by atoms with van der Waals surface area (Å²) >= 11 is 0. The average Bonchev–Trinajstić information content (AvgIpc) is 2.74. The topological polar surface area (TPSA) is 114 Å². The van der Waals surface area contributed by atoms with Crippen molar-refractivity contribution in [3.05, 3.63) is 35.9 Å². The second-order valence-electron chi connectivity index (χ2n) is 9.59. The Morgan fingerprint density at radius 2 is 1.76 bits per heavy atom. The van der Waals surface area contributed by atoms with Gasteiger partial charge < -0.3 is 9.47 Å². The van der Waals surface area contributed by atoms with Crippen LogP contribution < -0.4 is 0 Å². The molecular formula is C23H33O9P. The largest absolute Gasteiger partial charge is 0.478 e. The van der Waals surface area contributed by atoms with Crippen molar-refractivity contribution in [1.29, 1.82) is 0 Å². The van der Waals surface area contributed by atoms with Crippen molar-refractivity contribution in [2.24, 2.45) is 10.8 Å². The molecule has 0 aliphatic carbocycles. The van der Waals surface area contributed by atoms with E-state index in [2.05, 4.69) is 0 Å². The van der Waals surface area contributed by atoms with Crippen LogP contribution in [0, 0.1) is 10.8 Å². The molecule has 0 amide bonds. The van der Waals surface area contributed by atoms with Crippen molar-refractivity contribution in [3.8, 4) is 0 Å². The first kappa shape index (κ1) is 27.2. The van der Waals surface area contributed by atoms with E-state index in [0.29, 0.717) is 0 Å². The molecule has 0 radical (unpaired) electrons. The summed E-state index contributed by atoms with van der Waals surface area (Å²) in [5.41, 5.74) is -0.637. The van der Waals surface area contributed by atoms with Gasteiger partial charge in [0.15, 0.2) is 5.78 Å². The number of esters is 2. The van der Waals surface area contributed by atoms with Crippen molar-refractivity contribution in [3.63, 3.8) is 0 Å². The first-order chi connectivity index (χ1) is 15.3. The molecule has 9 nitrogen and oxygen atoms in total. The second-order valence-corrected chi connectivity index (χ2v) is 11.2. The van der Waals surface area contributed by atoms with Crippen LogP contribution in [-0.2, 0) is 48.6 Å². The molecule has 1 aliphatic rings. The summed E-state index contributed by atoms with van der Waals surface area (Å²) in [5.74, 6) is -1.28. The van der Waals surface area contributed by atoms with Crippen LogP contribution in [0.15, 0.2) is 30.3 Å². The Bertz CT molecular complexity index is 874. The number of ether oxygens (including phenoxy) is 2. The fourth-order valence-corrected chi connectivity index (χ4v) is 4.42. The number of rotatable bonds is 10. The molecule has 1 aromatic carbocycles. The first-order valence-corrected chi connectivity index (χ1v) is 12.3. The minimum absolute atomic E-state index is 0.0353. The third-order valence-electron chi connectivity index (χ3n) is 4.89. The standard InChI is InChI=1S/C23H33O9P/c1-22(2,3)21(26)29-16-31-33(27)30-15-23(4,5)20(32-33)18(24)12-9-13-19(25)28-14-17-10-7-6-8-11-17/h6-8,10-11,20H,9,12-16H2,1-5H3/t20-,33?/m0/s1. The zero-order valence-electron chi connectivity index (χ0n) is 19.8. The Balaban J connectivity index is 1.82. The number of Topliss-reactive ketones (excluding diaryl/α,β-unsaturated/α-hetero) is 1. The molecule has 1 unspecified atom stereocenters. The Morgan fingerprint density at radius 1 is 1.09 bits per heavy atom. The summed E-state index contributed by atoms with van der Waals surface area (Å²) < 4.78 is 38.7. The minimum Gasteiger partial charge on any atom is -0.461 e. The summed E-state index contributed by atoms with van der Waals surface area (Å²) in [4.78, 5) is 36.6. The van der Waals surface area contributed by atoms with Crippen molar-refractivity contribution >= 4 is 25.5 Å². The van der Waals surface area contributed by atoms with Crippen LogP contribution in [0.5, 0.6) is 0 Å². The normalized spacial score (nSPS) is 22.4. The Kier molecular flexibility index (Phi) is 9.38. The van der Waals surface area contributed by atoms with Gasteiger partial charge in [-0.1, -0.05) is 44.2 Å². The highest BCUT2D eigenvalue weighted by Gasteiger charge is 2.48. The quantitative estimate of drug-likeness (QED) is 0.267. The summed E-state index contributed by atoms with van der Waals surface area (Å²) in [6.07, 6.45) is -0.694. The van der Waals surface area contributed by atoms with Crippen LogP contribution in [0.3, 0.4) is 0 Å². The van der Waals surface area contributed by atoms with Gasteiger partial charge >= 0.3 is 19.8 Å². The lowest BCUT2D eigenvalue weighted by atomic mass is 9.84. The highest BCUT2D eigenvalue weighted by atomic mass is 31.2. The molecule has 2 rings (SSSR count). The molecule has 184 valence electrons. The SMILES string of the molecule is CC(C)(C)C(=O)OCOP1(=O)OCC(C)(C)[C@H](C(=O)CCCC(=O)OCc2ccccc2)O1. The predicted molar refractivity (Wildman–Crippen MR) is 119 cm³/mol. The molecule has 1 heterocycles. The second kappa shape index (κ2) is 11.4. The van der Waals surface area contributed by atoms with Gasteiger partial charge in [0.1, 0.15) is 12.7 Å². The fraction of sp³-hybridized carbons (Fsp3) is 0.609. The molecule has 1 fully saturated rings. The maximum Gasteiger partial charge on any atom is 0.478 e. The number of hydrogen-bond acceptors (Lipinski definition) is 9.